The van der Waals surface area contributed by atoms with Gasteiger partial charge in [0.1, 0.15) is 5.58 Å². The van der Waals surface area contributed by atoms with Crippen molar-refractivity contribution in [1.29, 1.82) is 0 Å². The lowest BCUT2D eigenvalue weighted by atomic mass is 10.1. The number of carbonyl (C=O) groups excluding carboxylic acids is 1. The number of nitrogens with one attached hydrogen (secondary N) is 2. The molecule has 0 aliphatic rings. The summed E-state index contributed by atoms with van der Waals surface area (Å²) in [4.78, 5) is 14.4. The van der Waals surface area contributed by atoms with Gasteiger partial charge in [0, 0.05) is 23.6 Å². The van der Waals surface area contributed by atoms with Crippen molar-refractivity contribution in [2.75, 3.05) is 19.4 Å². The summed E-state index contributed by atoms with van der Waals surface area (Å²) < 4.78 is 5.65. The van der Waals surface area contributed by atoms with Crippen molar-refractivity contribution in [3.05, 3.63) is 47.3 Å². The first-order valence-electron chi connectivity index (χ1n) is 7.03. The van der Waals surface area contributed by atoms with Crippen LogP contribution in [0, 0.1) is 6.92 Å². The molecule has 0 unspecified atom stereocenters. The van der Waals surface area contributed by atoms with Gasteiger partial charge in [0.05, 0.1) is 5.69 Å². The van der Waals surface area contributed by atoms with Gasteiger partial charge in [0.15, 0.2) is 11.6 Å². The largest absolute Gasteiger partial charge is 0.451 e. The number of amides is 1. The highest BCUT2D eigenvalue weighted by molar-refractivity contribution is 6.06. The van der Waals surface area contributed by atoms with Crippen LogP contribution in [0.1, 0.15) is 21.8 Å². The smallest absolute Gasteiger partial charge is 0.292 e. The minimum Gasteiger partial charge on any atom is -0.451 e. The molecular formula is C16H18N4O2. The molecule has 0 fully saturated rings. The summed E-state index contributed by atoms with van der Waals surface area (Å²) in [7, 11) is 3.94. The van der Waals surface area contributed by atoms with E-state index >= 15 is 0 Å². The van der Waals surface area contributed by atoms with Crippen molar-refractivity contribution in [3.63, 3.8) is 0 Å². The zero-order valence-corrected chi connectivity index (χ0v) is 12.8. The predicted octanol–water partition coefficient (Wildman–Crippen LogP) is 2.78. The highest BCUT2D eigenvalue weighted by atomic mass is 16.3. The molecule has 2 aromatic heterocycles. The highest BCUT2D eigenvalue weighted by Gasteiger charge is 2.18. The first-order valence-corrected chi connectivity index (χ1v) is 7.03. The molecule has 0 aliphatic carbocycles. The lowest BCUT2D eigenvalue weighted by Gasteiger charge is -2.05. The number of nitrogens with zero attached hydrogens (tertiary/aromatic N) is 2. The van der Waals surface area contributed by atoms with E-state index in [1.54, 1.807) is 0 Å². The molecular weight excluding hydrogens is 280 g/mol. The minimum atomic E-state index is -0.295. The number of aromatic nitrogens is 2. The second-order valence-electron chi connectivity index (χ2n) is 5.52. The Morgan fingerprint density at radius 1 is 1.36 bits per heavy atom. The van der Waals surface area contributed by atoms with Crippen LogP contribution in [0.5, 0.6) is 0 Å². The molecule has 6 nitrogen and oxygen atoms in total. The van der Waals surface area contributed by atoms with Crippen molar-refractivity contribution in [2.24, 2.45) is 0 Å². The van der Waals surface area contributed by atoms with Gasteiger partial charge in [-0.05, 0) is 27.1 Å². The van der Waals surface area contributed by atoms with E-state index < -0.39 is 0 Å². The summed E-state index contributed by atoms with van der Waals surface area (Å²) >= 11 is 0. The fraction of sp³-hybridized carbons (Fsp3) is 0.250. The molecule has 0 spiro atoms. The zero-order chi connectivity index (χ0) is 15.7. The third kappa shape index (κ3) is 2.73. The molecule has 1 amide bonds. The maximum absolute atomic E-state index is 12.4. The number of hydrogen-bond donors (Lipinski definition) is 2. The summed E-state index contributed by atoms with van der Waals surface area (Å²) in [6.45, 7) is 2.61. The number of H-pyrrole nitrogens is 1. The van der Waals surface area contributed by atoms with Gasteiger partial charge in [-0.15, -0.1) is 0 Å². The Labute approximate surface area is 128 Å². The van der Waals surface area contributed by atoms with Crippen LogP contribution in [-0.2, 0) is 6.54 Å². The summed E-state index contributed by atoms with van der Waals surface area (Å²) in [5.41, 5.74) is 2.47. The molecule has 0 bridgehead atoms. The fourth-order valence-electron chi connectivity index (χ4n) is 2.41. The van der Waals surface area contributed by atoms with Crippen LogP contribution in [0.3, 0.4) is 0 Å². The lowest BCUT2D eigenvalue weighted by molar-refractivity contribution is 0.0997. The van der Waals surface area contributed by atoms with Crippen LogP contribution >= 0.6 is 0 Å². The molecule has 3 aromatic rings. The number of carbonyl (C=O) groups is 1. The SMILES string of the molecule is Cc1c(C(=O)Nc2cc(CN(C)C)[nH]n2)oc2ccccc12. The summed E-state index contributed by atoms with van der Waals surface area (Å²) in [6.07, 6.45) is 0. The van der Waals surface area contributed by atoms with Gasteiger partial charge in [0.25, 0.3) is 5.91 Å². The minimum absolute atomic E-state index is 0.295. The number of rotatable bonds is 4. The Kier molecular flexibility index (Phi) is 3.68. The maximum atomic E-state index is 12.4. The van der Waals surface area contributed by atoms with E-state index in [1.165, 1.54) is 0 Å². The topological polar surface area (TPSA) is 74.2 Å². The van der Waals surface area contributed by atoms with Crippen LogP contribution in [0.25, 0.3) is 11.0 Å². The Hall–Kier alpha value is -2.60. The Balaban J connectivity index is 1.81. The van der Waals surface area contributed by atoms with Gasteiger partial charge < -0.3 is 14.6 Å². The number of furan rings is 1. The monoisotopic (exact) mass is 298 g/mol. The quantitative estimate of drug-likeness (QED) is 0.776. The molecule has 2 N–H and O–H groups in total. The molecule has 3 rings (SSSR count). The van der Waals surface area contributed by atoms with Crippen LogP contribution in [-0.4, -0.2) is 35.1 Å². The van der Waals surface area contributed by atoms with E-state index in [9.17, 15) is 4.79 Å². The summed E-state index contributed by atoms with van der Waals surface area (Å²) in [5.74, 6) is 0.511. The second-order valence-corrected chi connectivity index (χ2v) is 5.52. The first-order chi connectivity index (χ1) is 10.5. The molecule has 0 aliphatic heterocycles. The first kappa shape index (κ1) is 14.3. The number of para-hydroxylation sites is 1. The lowest BCUT2D eigenvalue weighted by Crippen LogP contribution is -2.12. The van der Waals surface area contributed by atoms with Crippen molar-refractivity contribution < 1.29 is 9.21 Å². The van der Waals surface area contributed by atoms with Crippen LogP contribution in [0.15, 0.2) is 34.7 Å². The number of benzene rings is 1. The molecule has 0 atom stereocenters. The van der Waals surface area contributed by atoms with Crippen LogP contribution in [0.4, 0.5) is 5.82 Å². The molecule has 0 saturated carbocycles. The molecule has 6 heteroatoms. The highest BCUT2D eigenvalue weighted by Crippen LogP contribution is 2.25. The van der Waals surface area contributed by atoms with E-state index in [2.05, 4.69) is 15.5 Å². The van der Waals surface area contributed by atoms with E-state index in [1.807, 2.05) is 56.3 Å². The average Bonchev–Trinajstić information content (AvgIpc) is 3.04. The number of aryl methyl sites for hydroxylation is 1. The Bertz CT molecular complexity index is 817. The normalized spacial score (nSPS) is 11.3. The third-order valence-electron chi connectivity index (χ3n) is 3.41. The van der Waals surface area contributed by atoms with Gasteiger partial charge in [-0.25, -0.2) is 0 Å². The summed E-state index contributed by atoms with van der Waals surface area (Å²) in [5, 5.41) is 10.7. The number of fused-ring (bicyclic) bond motifs is 1. The van der Waals surface area contributed by atoms with Crippen molar-refractivity contribution in [1.82, 2.24) is 15.1 Å². The van der Waals surface area contributed by atoms with Crippen LogP contribution < -0.4 is 5.32 Å². The van der Waals surface area contributed by atoms with Gasteiger partial charge in [0.2, 0.25) is 0 Å². The number of hydrogen-bond acceptors (Lipinski definition) is 4. The average molecular weight is 298 g/mol. The van der Waals surface area contributed by atoms with Gasteiger partial charge in [-0.2, -0.15) is 5.10 Å². The van der Waals surface area contributed by atoms with E-state index in [0.717, 1.165) is 23.2 Å². The number of anilines is 1. The standard InChI is InChI=1S/C16H18N4O2/c1-10-12-6-4-5-7-13(12)22-15(10)16(21)17-14-8-11(18-19-14)9-20(2)3/h4-8H,9H2,1-3H3,(H2,17,18,19,21). The molecule has 0 radical (unpaired) electrons. The van der Waals surface area contributed by atoms with E-state index in [4.69, 9.17) is 4.42 Å². The molecule has 2 heterocycles. The predicted molar refractivity (Wildman–Crippen MR) is 84.9 cm³/mol. The fourth-order valence-corrected chi connectivity index (χ4v) is 2.41. The van der Waals surface area contributed by atoms with Gasteiger partial charge in [-0.3, -0.25) is 9.89 Å². The van der Waals surface area contributed by atoms with Crippen molar-refractivity contribution in [2.45, 2.75) is 13.5 Å². The van der Waals surface area contributed by atoms with Crippen molar-refractivity contribution >= 4 is 22.7 Å². The van der Waals surface area contributed by atoms with Gasteiger partial charge in [-0.1, -0.05) is 18.2 Å². The molecule has 0 saturated heterocycles. The molecule has 1 aromatic carbocycles. The second kappa shape index (κ2) is 5.65. The number of aromatic amines is 1. The van der Waals surface area contributed by atoms with Gasteiger partial charge >= 0.3 is 0 Å². The molecule has 114 valence electrons. The summed E-state index contributed by atoms with van der Waals surface area (Å²) in [6, 6.07) is 9.41. The Morgan fingerprint density at radius 2 is 2.14 bits per heavy atom. The third-order valence-corrected chi connectivity index (χ3v) is 3.41. The van der Waals surface area contributed by atoms with E-state index in [0.29, 0.717) is 17.2 Å². The molecule has 22 heavy (non-hydrogen) atoms. The zero-order valence-electron chi connectivity index (χ0n) is 12.8. The van der Waals surface area contributed by atoms with Crippen LogP contribution in [0.2, 0.25) is 0 Å². The van der Waals surface area contributed by atoms with E-state index in [-0.39, 0.29) is 5.91 Å². The maximum Gasteiger partial charge on any atom is 0.292 e. The Morgan fingerprint density at radius 3 is 2.86 bits per heavy atom. The van der Waals surface area contributed by atoms with Crippen molar-refractivity contribution in [3.8, 4) is 0 Å².